The lowest BCUT2D eigenvalue weighted by Crippen LogP contribution is -2.45. The number of carbonyl (C=O) groups excluding carboxylic acids is 1. The van der Waals surface area contributed by atoms with Gasteiger partial charge in [-0.2, -0.15) is 0 Å². The minimum absolute atomic E-state index is 0. The third-order valence-corrected chi connectivity index (χ3v) is 3.41. The number of ether oxygens (including phenoxy) is 2. The molecule has 1 aliphatic heterocycles. The Morgan fingerprint density at radius 1 is 1.50 bits per heavy atom. The van der Waals surface area contributed by atoms with Gasteiger partial charge in [0.2, 0.25) is 0 Å². The molecule has 2 N–H and O–H groups in total. The zero-order chi connectivity index (χ0) is 15.1. The van der Waals surface area contributed by atoms with Crippen LogP contribution in [0, 0.1) is 0 Å². The number of amides is 1. The summed E-state index contributed by atoms with van der Waals surface area (Å²) in [6.07, 6.45) is 3.76. The fraction of sp³-hybridized carbons (Fsp3) is 0.438. The molecular formula is C16H23ClN2O3. The number of rotatable bonds is 6. The van der Waals surface area contributed by atoms with Crippen molar-refractivity contribution in [1.29, 1.82) is 0 Å². The Bertz CT molecular complexity index is 502. The summed E-state index contributed by atoms with van der Waals surface area (Å²) >= 11 is 0. The van der Waals surface area contributed by atoms with Crippen LogP contribution in [-0.2, 0) is 0 Å². The van der Waals surface area contributed by atoms with Crippen LogP contribution in [0.15, 0.2) is 30.9 Å². The third kappa shape index (κ3) is 4.93. The summed E-state index contributed by atoms with van der Waals surface area (Å²) in [5.74, 6) is 1.07. The number of halogens is 1. The molecule has 5 nitrogen and oxygen atoms in total. The van der Waals surface area contributed by atoms with E-state index in [1.807, 2.05) is 0 Å². The van der Waals surface area contributed by atoms with Crippen LogP contribution < -0.4 is 20.1 Å². The number of carbonyl (C=O) groups is 1. The minimum Gasteiger partial charge on any atom is -0.493 e. The highest BCUT2D eigenvalue weighted by Crippen LogP contribution is 2.28. The second-order valence-electron chi connectivity index (χ2n) is 4.98. The van der Waals surface area contributed by atoms with E-state index in [1.165, 1.54) is 0 Å². The number of hydrogen-bond acceptors (Lipinski definition) is 4. The number of methoxy groups -OCH3 is 1. The standard InChI is InChI=1S/C16H22N2O3.ClH/c1-3-9-21-14-7-6-12(10-15(14)20-2)16(19)18-13-5-4-8-17-11-13;/h3,6-7,10,13,17H,1,4-5,8-9,11H2,2H3,(H,18,19);1H. The topological polar surface area (TPSA) is 59.6 Å². The molecule has 1 amide bonds. The highest BCUT2D eigenvalue weighted by atomic mass is 35.5. The van der Waals surface area contributed by atoms with Crippen LogP contribution in [0.2, 0.25) is 0 Å². The average molecular weight is 327 g/mol. The maximum Gasteiger partial charge on any atom is 0.251 e. The van der Waals surface area contributed by atoms with Crippen LogP contribution >= 0.6 is 12.4 Å². The first-order chi connectivity index (χ1) is 10.2. The van der Waals surface area contributed by atoms with E-state index >= 15 is 0 Å². The van der Waals surface area contributed by atoms with Crippen LogP contribution in [0.5, 0.6) is 11.5 Å². The van der Waals surface area contributed by atoms with Gasteiger partial charge in [0.15, 0.2) is 11.5 Å². The monoisotopic (exact) mass is 326 g/mol. The van der Waals surface area contributed by atoms with E-state index in [-0.39, 0.29) is 24.4 Å². The fourth-order valence-corrected chi connectivity index (χ4v) is 2.32. The Hall–Kier alpha value is -1.72. The molecule has 1 saturated heterocycles. The Morgan fingerprint density at radius 2 is 2.32 bits per heavy atom. The number of hydrogen-bond donors (Lipinski definition) is 2. The van der Waals surface area contributed by atoms with Crippen LogP contribution in [0.3, 0.4) is 0 Å². The van der Waals surface area contributed by atoms with Gasteiger partial charge in [0, 0.05) is 18.2 Å². The molecule has 1 fully saturated rings. The molecule has 0 bridgehead atoms. The molecule has 2 rings (SSSR count). The van der Waals surface area contributed by atoms with Gasteiger partial charge in [-0.05, 0) is 37.6 Å². The van der Waals surface area contributed by atoms with Gasteiger partial charge in [-0.25, -0.2) is 0 Å². The molecule has 122 valence electrons. The van der Waals surface area contributed by atoms with E-state index in [2.05, 4.69) is 17.2 Å². The van der Waals surface area contributed by atoms with E-state index in [0.717, 1.165) is 25.9 Å². The van der Waals surface area contributed by atoms with Gasteiger partial charge >= 0.3 is 0 Å². The van der Waals surface area contributed by atoms with Gasteiger partial charge in [-0.15, -0.1) is 12.4 Å². The molecule has 6 heteroatoms. The molecule has 0 spiro atoms. The van der Waals surface area contributed by atoms with Crippen molar-refractivity contribution in [3.8, 4) is 11.5 Å². The smallest absolute Gasteiger partial charge is 0.251 e. The second kappa shape index (κ2) is 9.33. The Balaban J connectivity index is 0.00000242. The van der Waals surface area contributed by atoms with Crippen molar-refractivity contribution in [2.75, 3.05) is 26.8 Å². The van der Waals surface area contributed by atoms with Gasteiger partial charge in [-0.3, -0.25) is 4.79 Å². The van der Waals surface area contributed by atoms with Gasteiger partial charge in [0.05, 0.1) is 7.11 Å². The molecular weight excluding hydrogens is 304 g/mol. The zero-order valence-corrected chi connectivity index (χ0v) is 13.6. The second-order valence-corrected chi connectivity index (χ2v) is 4.98. The number of benzene rings is 1. The SMILES string of the molecule is C=CCOc1ccc(C(=O)NC2CCCNC2)cc1OC.Cl. The molecule has 1 unspecified atom stereocenters. The molecule has 1 heterocycles. The molecule has 1 atom stereocenters. The third-order valence-electron chi connectivity index (χ3n) is 3.41. The van der Waals surface area contributed by atoms with Gasteiger partial charge in [0.25, 0.3) is 5.91 Å². The van der Waals surface area contributed by atoms with E-state index in [1.54, 1.807) is 31.4 Å². The molecule has 0 aromatic heterocycles. The summed E-state index contributed by atoms with van der Waals surface area (Å²) in [5, 5.41) is 6.31. The normalized spacial score (nSPS) is 17.0. The van der Waals surface area contributed by atoms with Crippen LogP contribution in [0.1, 0.15) is 23.2 Å². The number of nitrogens with one attached hydrogen (secondary N) is 2. The van der Waals surface area contributed by atoms with Crippen molar-refractivity contribution in [2.45, 2.75) is 18.9 Å². The van der Waals surface area contributed by atoms with Gasteiger partial charge in [0.1, 0.15) is 6.61 Å². The summed E-state index contributed by atoms with van der Waals surface area (Å²) in [7, 11) is 1.56. The van der Waals surface area contributed by atoms with Crippen molar-refractivity contribution in [2.24, 2.45) is 0 Å². The van der Waals surface area contributed by atoms with Crippen molar-refractivity contribution < 1.29 is 14.3 Å². The zero-order valence-electron chi connectivity index (χ0n) is 12.8. The molecule has 0 aliphatic carbocycles. The van der Waals surface area contributed by atoms with Gasteiger partial charge < -0.3 is 20.1 Å². The predicted octanol–water partition coefficient (Wildman–Crippen LogP) is 2.16. The van der Waals surface area contributed by atoms with E-state index < -0.39 is 0 Å². The lowest BCUT2D eigenvalue weighted by molar-refractivity contribution is 0.0930. The van der Waals surface area contributed by atoms with Crippen molar-refractivity contribution in [3.05, 3.63) is 36.4 Å². The largest absolute Gasteiger partial charge is 0.493 e. The average Bonchev–Trinajstić information content (AvgIpc) is 2.53. The highest BCUT2D eigenvalue weighted by molar-refractivity contribution is 5.95. The summed E-state index contributed by atoms with van der Waals surface area (Å²) < 4.78 is 10.7. The van der Waals surface area contributed by atoms with Crippen LogP contribution in [-0.4, -0.2) is 38.8 Å². The van der Waals surface area contributed by atoms with E-state index in [0.29, 0.717) is 23.7 Å². The van der Waals surface area contributed by atoms with Gasteiger partial charge in [-0.1, -0.05) is 12.7 Å². The van der Waals surface area contributed by atoms with Crippen molar-refractivity contribution in [3.63, 3.8) is 0 Å². The first-order valence-electron chi connectivity index (χ1n) is 7.18. The lowest BCUT2D eigenvalue weighted by Gasteiger charge is -2.24. The molecule has 1 aliphatic rings. The quantitative estimate of drug-likeness (QED) is 0.787. The maximum atomic E-state index is 12.3. The predicted molar refractivity (Wildman–Crippen MR) is 89.3 cm³/mol. The fourth-order valence-electron chi connectivity index (χ4n) is 2.32. The Kier molecular flexibility index (Phi) is 7.77. The summed E-state index contributed by atoms with van der Waals surface area (Å²) in [4.78, 5) is 12.3. The van der Waals surface area contributed by atoms with Crippen LogP contribution in [0.25, 0.3) is 0 Å². The molecule has 22 heavy (non-hydrogen) atoms. The first-order valence-corrected chi connectivity index (χ1v) is 7.18. The summed E-state index contributed by atoms with van der Waals surface area (Å²) in [5.41, 5.74) is 0.573. The molecule has 0 radical (unpaired) electrons. The highest BCUT2D eigenvalue weighted by Gasteiger charge is 2.17. The summed E-state index contributed by atoms with van der Waals surface area (Å²) in [6, 6.07) is 5.38. The van der Waals surface area contributed by atoms with E-state index in [9.17, 15) is 4.79 Å². The minimum atomic E-state index is -0.0859. The molecule has 1 aromatic carbocycles. The number of piperidine rings is 1. The summed E-state index contributed by atoms with van der Waals surface area (Å²) in [6.45, 7) is 5.85. The van der Waals surface area contributed by atoms with Crippen molar-refractivity contribution >= 4 is 18.3 Å². The van der Waals surface area contributed by atoms with Crippen molar-refractivity contribution in [1.82, 2.24) is 10.6 Å². The lowest BCUT2D eigenvalue weighted by atomic mass is 10.1. The molecule has 0 saturated carbocycles. The Labute approximate surface area is 137 Å². The van der Waals surface area contributed by atoms with Crippen LogP contribution in [0.4, 0.5) is 0 Å². The first kappa shape index (κ1) is 18.3. The van der Waals surface area contributed by atoms with E-state index in [4.69, 9.17) is 9.47 Å². The maximum absolute atomic E-state index is 12.3. The molecule has 1 aromatic rings. The Morgan fingerprint density at radius 3 is 2.95 bits per heavy atom.